The van der Waals surface area contributed by atoms with Crippen molar-refractivity contribution >= 4 is 27.9 Å². The van der Waals surface area contributed by atoms with Crippen LogP contribution in [0.1, 0.15) is 17.4 Å². The van der Waals surface area contributed by atoms with E-state index in [2.05, 4.69) is 15.4 Å². The molecular formula is C24H21N5O2S. The zero-order valence-electron chi connectivity index (χ0n) is 17.6. The van der Waals surface area contributed by atoms with Crippen LogP contribution in [0.25, 0.3) is 27.5 Å². The lowest BCUT2D eigenvalue weighted by molar-refractivity contribution is 0.101. The predicted molar refractivity (Wildman–Crippen MR) is 126 cm³/mol. The van der Waals surface area contributed by atoms with E-state index in [1.807, 2.05) is 77.6 Å². The van der Waals surface area contributed by atoms with Crippen LogP contribution in [0, 0.1) is 0 Å². The first-order chi connectivity index (χ1) is 15.6. The Balaban J connectivity index is 1.41. The lowest BCUT2D eigenvalue weighted by Gasteiger charge is -2.09. The van der Waals surface area contributed by atoms with E-state index in [0.717, 1.165) is 33.2 Å². The third-order valence-corrected chi connectivity index (χ3v) is 5.89. The second-order valence-corrected chi connectivity index (χ2v) is 8.09. The summed E-state index contributed by atoms with van der Waals surface area (Å²) in [5.74, 6) is 0.576. The third kappa shape index (κ3) is 3.76. The van der Waals surface area contributed by atoms with Crippen LogP contribution >= 0.6 is 11.3 Å². The van der Waals surface area contributed by atoms with Gasteiger partial charge in [0.05, 0.1) is 23.7 Å². The van der Waals surface area contributed by atoms with Crippen LogP contribution in [0.2, 0.25) is 0 Å². The minimum Gasteiger partial charge on any atom is -0.494 e. The van der Waals surface area contributed by atoms with Crippen LogP contribution < -0.4 is 10.1 Å². The summed E-state index contributed by atoms with van der Waals surface area (Å²) in [5.41, 5.74) is 4.49. The van der Waals surface area contributed by atoms with Gasteiger partial charge < -0.3 is 10.1 Å². The maximum atomic E-state index is 13.1. The van der Waals surface area contributed by atoms with Gasteiger partial charge >= 0.3 is 0 Å². The van der Waals surface area contributed by atoms with E-state index in [1.165, 1.54) is 0 Å². The van der Waals surface area contributed by atoms with Crippen molar-refractivity contribution in [2.75, 3.05) is 11.9 Å². The second kappa shape index (κ2) is 8.32. The number of ether oxygens (including phenoxy) is 1. The van der Waals surface area contributed by atoms with Gasteiger partial charge in [0.1, 0.15) is 11.4 Å². The summed E-state index contributed by atoms with van der Waals surface area (Å²) in [5, 5.41) is 9.54. The molecule has 7 nitrogen and oxygen atoms in total. The molecule has 5 aromatic rings. The van der Waals surface area contributed by atoms with Gasteiger partial charge in [0.25, 0.3) is 5.91 Å². The quantitative estimate of drug-likeness (QED) is 0.396. The minimum absolute atomic E-state index is 0.231. The molecule has 32 heavy (non-hydrogen) atoms. The monoisotopic (exact) mass is 443 g/mol. The molecule has 0 fully saturated rings. The van der Waals surface area contributed by atoms with Gasteiger partial charge in [0.15, 0.2) is 4.96 Å². The van der Waals surface area contributed by atoms with Crippen molar-refractivity contribution in [3.8, 4) is 28.3 Å². The number of carbonyl (C=O) groups excluding carboxylic acids is 1. The first-order valence-corrected chi connectivity index (χ1v) is 11.1. The maximum Gasteiger partial charge on any atom is 0.273 e. The number of aryl methyl sites for hydroxylation is 1. The summed E-state index contributed by atoms with van der Waals surface area (Å²) in [6.45, 7) is 2.57. The van der Waals surface area contributed by atoms with E-state index in [0.29, 0.717) is 18.0 Å². The third-order valence-electron chi connectivity index (χ3n) is 5.12. The number of nitrogens with one attached hydrogen (secondary N) is 1. The standard InChI is InChI=1S/C24H21N5O2S/c1-3-31-17-10-8-16(9-11-17)20-14-22(28(2)27-20)23(30)25-19-7-5-4-6-18(19)21-15-29-12-13-32-24(29)26-21/h4-15H,3H2,1-2H3,(H,25,30). The fourth-order valence-corrected chi connectivity index (χ4v) is 4.27. The van der Waals surface area contributed by atoms with Gasteiger partial charge in [-0.05, 0) is 43.3 Å². The van der Waals surface area contributed by atoms with Crippen molar-refractivity contribution < 1.29 is 9.53 Å². The molecule has 3 aromatic heterocycles. The first-order valence-electron chi connectivity index (χ1n) is 10.2. The highest BCUT2D eigenvalue weighted by atomic mass is 32.1. The Hall–Kier alpha value is -3.91. The normalized spacial score (nSPS) is 11.1. The van der Waals surface area contributed by atoms with E-state index in [1.54, 1.807) is 29.1 Å². The summed E-state index contributed by atoms with van der Waals surface area (Å²) < 4.78 is 9.06. The molecule has 0 aliphatic heterocycles. The van der Waals surface area contributed by atoms with Crippen LogP contribution in [0.15, 0.2) is 72.4 Å². The topological polar surface area (TPSA) is 73.4 Å². The fraction of sp³-hybridized carbons (Fsp3) is 0.125. The highest BCUT2D eigenvalue weighted by molar-refractivity contribution is 7.15. The largest absolute Gasteiger partial charge is 0.494 e. The number of hydrogen-bond donors (Lipinski definition) is 1. The Labute approximate surface area is 188 Å². The molecule has 0 saturated heterocycles. The molecule has 0 spiro atoms. The van der Waals surface area contributed by atoms with E-state index in [9.17, 15) is 4.79 Å². The zero-order valence-corrected chi connectivity index (χ0v) is 18.5. The average Bonchev–Trinajstić information content (AvgIpc) is 3.50. The SMILES string of the molecule is CCOc1ccc(-c2cc(C(=O)Nc3ccccc3-c3cn4ccsc4n3)n(C)n2)cc1. The van der Waals surface area contributed by atoms with E-state index in [-0.39, 0.29) is 5.91 Å². The minimum atomic E-state index is -0.231. The lowest BCUT2D eigenvalue weighted by atomic mass is 10.1. The molecule has 0 radical (unpaired) electrons. The molecule has 0 saturated carbocycles. The molecular weight excluding hydrogens is 422 g/mol. The van der Waals surface area contributed by atoms with E-state index < -0.39 is 0 Å². The number of rotatable bonds is 6. The number of imidazole rings is 1. The number of carbonyl (C=O) groups is 1. The Morgan fingerprint density at radius 2 is 1.94 bits per heavy atom. The number of para-hydroxylation sites is 1. The van der Waals surface area contributed by atoms with Gasteiger partial charge in [-0.3, -0.25) is 13.9 Å². The Morgan fingerprint density at radius 1 is 1.12 bits per heavy atom. The van der Waals surface area contributed by atoms with Gasteiger partial charge in [-0.15, -0.1) is 11.3 Å². The fourth-order valence-electron chi connectivity index (χ4n) is 3.57. The second-order valence-electron chi connectivity index (χ2n) is 7.21. The summed E-state index contributed by atoms with van der Waals surface area (Å²) in [6.07, 6.45) is 3.93. The van der Waals surface area contributed by atoms with Gasteiger partial charge in [0.2, 0.25) is 0 Å². The number of thiazole rings is 1. The molecule has 1 N–H and O–H groups in total. The number of hydrogen-bond acceptors (Lipinski definition) is 5. The molecule has 2 aromatic carbocycles. The number of nitrogens with zero attached hydrogens (tertiary/aromatic N) is 4. The van der Waals surface area contributed by atoms with E-state index >= 15 is 0 Å². The molecule has 1 amide bonds. The molecule has 5 rings (SSSR count). The maximum absolute atomic E-state index is 13.1. The molecule has 3 heterocycles. The van der Waals surface area contributed by atoms with Crippen LogP contribution in [-0.2, 0) is 7.05 Å². The first kappa shape index (κ1) is 20.0. The molecule has 0 aliphatic rings. The summed E-state index contributed by atoms with van der Waals surface area (Å²) in [6, 6.07) is 17.1. The van der Waals surface area contributed by atoms with Crippen LogP contribution in [0.3, 0.4) is 0 Å². The molecule has 8 heteroatoms. The number of aromatic nitrogens is 4. The van der Waals surface area contributed by atoms with Crippen molar-refractivity contribution in [2.24, 2.45) is 7.05 Å². The Bertz CT molecular complexity index is 1370. The van der Waals surface area contributed by atoms with Crippen molar-refractivity contribution in [1.29, 1.82) is 0 Å². The predicted octanol–water partition coefficient (Wildman–Crippen LogP) is 5.11. The molecule has 160 valence electrons. The van der Waals surface area contributed by atoms with Gasteiger partial charge in [-0.2, -0.15) is 5.10 Å². The summed E-state index contributed by atoms with van der Waals surface area (Å²) in [7, 11) is 1.77. The van der Waals surface area contributed by atoms with Crippen molar-refractivity contribution in [2.45, 2.75) is 6.92 Å². The zero-order chi connectivity index (χ0) is 22.1. The molecule has 0 unspecified atom stereocenters. The Kier molecular flexibility index (Phi) is 5.20. The van der Waals surface area contributed by atoms with Crippen molar-refractivity contribution in [3.63, 3.8) is 0 Å². The van der Waals surface area contributed by atoms with Gasteiger partial charge in [-0.1, -0.05) is 18.2 Å². The lowest BCUT2D eigenvalue weighted by Crippen LogP contribution is -2.16. The van der Waals surface area contributed by atoms with Crippen molar-refractivity contribution in [1.82, 2.24) is 19.2 Å². The number of amides is 1. The van der Waals surface area contributed by atoms with E-state index in [4.69, 9.17) is 4.74 Å². The van der Waals surface area contributed by atoms with Crippen LogP contribution in [0.5, 0.6) is 5.75 Å². The number of benzene rings is 2. The highest BCUT2D eigenvalue weighted by Crippen LogP contribution is 2.29. The van der Waals surface area contributed by atoms with Crippen LogP contribution in [-0.4, -0.2) is 31.7 Å². The molecule has 0 atom stereocenters. The summed E-state index contributed by atoms with van der Waals surface area (Å²) >= 11 is 1.57. The van der Waals surface area contributed by atoms with Gasteiger partial charge in [-0.25, -0.2) is 4.98 Å². The smallest absolute Gasteiger partial charge is 0.273 e. The molecule has 0 bridgehead atoms. The Morgan fingerprint density at radius 3 is 2.72 bits per heavy atom. The van der Waals surface area contributed by atoms with Crippen molar-refractivity contribution in [3.05, 3.63) is 78.1 Å². The average molecular weight is 444 g/mol. The number of anilines is 1. The highest BCUT2D eigenvalue weighted by Gasteiger charge is 2.17. The van der Waals surface area contributed by atoms with Gasteiger partial charge in [0, 0.05) is 35.9 Å². The number of fused-ring (bicyclic) bond motifs is 1. The van der Waals surface area contributed by atoms with Crippen LogP contribution in [0.4, 0.5) is 5.69 Å². The molecule has 0 aliphatic carbocycles. The summed E-state index contributed by atoms with van der Waals surface area (Å²) in [4.78, 5) is 18.7.